The van der Waals surface area contributed by atoms with Gasteiger partial charge in [0.25, 0.3) is 0 Å². The third-order valence-electron chi connectivity index (χ3n) is 7.80. The van der Waals surface area contributed by atoms with E-state index in [1.165, 1.54) is 0 Å². The van der Waals surface area contributed by atoms with Crippen LogP contribution in [0.4, 0.5) is 9.59 Å². The molecule has 210 valence electrons. The van der Waals surface area contributed by atoms with Crippen LogP contribution >= 0.6 is 0 Å². The van der Waals surface area contributed by atoms with Crippen molar-refractivity contribution in [1.82, 2.24) is 19.4 Å². The van der Waals surface area contributed by atoms with E-state index in [-0.39, 0.29) is 12.2 Å². The van der Waals surface area contributed by atoms with Crippen molar-refractivity contribution < 1.29 is 23.8 Å². The second-order valence-corrected chi connectivity index (χ2v) is 12.2. The summed E-state index contributed by atoms with van der Waals surface area (Å²) in [5.74, 6) is 1.69. The molecular weight excluding hydrogens is 496 g/mol. The second kappa shape index (κ2) is 9.61. The quantitative estimate of drug-likeness (QED) is 0.487. The van der Waals surface area contributed by atoms with Crippen LogP contribution in [-0.2, 0) is 22.1 Å². The van der Waals surface area contributed by atoms with E-state index in [2.05, 4.69) is 16.7 Å². The molecule has 1 aromatic carbocycles. The highest BCUT2D eigenvalue weighted by atomic mass is 16.6. The Morgan fingerprint density at radius 1 is 1.08 bits per heavy atom. The predicted molar refractivity (Wildman–Crippen MR) is 148 cm³/mol. The van der Waals surface area contributed by atoms with Crippen LogP contribution in [0.25, 0.3) is 16.8 Å². The summed E-state index contributed by atoms with van der Waals surface area (Å²) in [5.41, 5.74) is 2.33. The molecule has 1 aromatic heterocycles. The summed E-state index contributed by atoms with van der Waals surface area (Å²) < 4.78 is 19.9. The molecule has 1 spiro atoms. The minimum Gasteiger partial charge on any atom is -0.480 e. The number of hydrogen-bond donors (Lipinski definition) is 0. The lowest BCUT2D eigenvalue weighted by Crippen LogP contribution is -2.51. The zero-order valence-electron chi connectivity index (χ0n) is 24.2. The number of likely N-dealkylation sites (tertiary alicyclic amines) is 1. The van der Waals surface area contributed by atoms with Crippen LogP contribution < -0.4 is 4.74 Å². The molecular formula is C30H40N4O5. The number of hydrogen-bond acceptors (Lipinski definition) is 6. The standard InChI is InChI=1S/C30H40N4O5/c1-8-37-26(35)33-17-14-30(15-18-33)24-23(21-11-9-10-12-22(21)38-30)31-25(32(24)7)20-13-16-34(29(5,6)19-20)27(36)39-28(2,3)4/h9-12,19H,8,13-18H2,1-7H3. The van der Waals surface area contributed by atoms with Gasteiger partial charge in [-0.25, -0.2) is 14.6 Å². The number of amides is 2. The van der Waals surface area contributed by atoms with E-state index >= 15 is 0 Å². The molecule has 0 radical (unpaired) electrons. The van der Waals surface area contributed by atoms with Crippen molar-refractivity contribution in [2.75, 3.05) is 26.2 Å². The topological polar surface area (TPSA) is 86.1 Å². The number of aromatic nitrogens is 2. The van der Waals surface area contributed by atoms with Crippen LogP contribution in [-0.4, -0.2) is 68.9 Å². The number of benzene rings is 1. The number of carbonyl (C=O) groups excluding carboxylic acids is 2. The molecule has 0 saturated carbocycles. The van der Waals surface area contributed by atoms with Crippen molar-refractivity contribution in [2.45, 2.75) is 77.5 Å². The monoisotopic (exact) mass is 536 g/mol. The van der Waals surface area contributed by atoms with Gasteiger partial charge in [-0.3, -0.25) is 4.90 Å². The number of imidazole rings is 1. The Morgan fingerprint density at radius 2 is 1.77 bits per heavy atom. The number of rotatable bonds is 2. The fraction of sp³-hybridized carbons (Fsp3) is 0.567. The maximum atomic E-state index is 13.0. The first-order valence-electron chi connectivity index (χ1n) is 13.9. The van der Waals surface area contributed by atoms with Gasteiger partial charge in [0.05, 0.1) is 17.8 Å². The molecule has 2 amide bonds. The number of nitrogens with zero attached hydrogens (tertiary/aromatic N) is 4. The van der Waals surface area contributed by atoms with Crippen molar-refractivity contribution in [3.8, 4) is 17.0 Å². The van der Waals surface area contributed by atoms with Gasteiger partial charge in [0.15, 0.2) is 5.60 Å². The lowest BCUT2D eigenvalue weighted by molar-refractivity contribution is -0.0101. The fourth-order valence-electron chi connectivity index (χ4n) is 6.03. The highest BCUT2D eigenvalue weighted by molar-refractivity contribution is 5.78. The summed E-state index contributed by atoms with van der Waals surface area (Å²) in [4.78, 5) is 34.1. The molecule has 2 aromatic rings. The first kappa shape index (κ1) is 27.1. The third-order valence-corrected chi connectivity index (χ3v) is 7.80. The molecule has 9 heteroatoms. The Labute approximate surface area is 230 Å². The van der Waals surface area contributed by atoms with Crippen molar-refractivity contribution in [3.05, 3.63) is 41.9 Å². The van der Waals surface area contributed by atoms with Crippen molar-refractivity contribution in [2.24, 2.45) is 7.05 Å². The molecule has 1 fully saturated rings. The van der Waals surface area contributed by atoms with E-state index in [9.17, 15) is 9.59 Å². The Hall–Kier alpha value is -3.49. The van der Waals surface area contributed by atoms with Crippen LogP contribution in [0.3, 0.4) is 0 Å². The molecule has 0 N–H and O–H groups in total. The van der Waals surface area contributed by atoms with E-state index in [4.69, 9.17) is 19.2 Å². The molecule has 5 rings (SSSR count). The summed E-state index contributed by atoms with van der Waals surface area (Å²) in [5, 5.41) is 0. The number of piperidine rings is 1. The van der Waals surface area contributed by atoms with Crippen molar-refractivity contribution in [1.29, 1.82) is 0 Å². The average molecular weight is 537 g/mol. The molecule has 0 atom stereocenters. The second-order valence-electron chi connectivity index (χ2n) is 12.2. The summed E-state index contributed by atoms with van der Waals surface area (Å²) in [6.07, 6.45) is 3.50. The summed E-state index contributed by atoms with van der Waals surface area (Å²) in [7, 11) is 2.05. The van der Waals surface area contributed by atoms with E-state index in [0.29, 0.717) is 45.5 Å². The van der Waals surface area contributed by atoms with Crippen LogP contribution in [0.2, 0.25) is 0 Å². The highest BCUT2D eigenvalue weighted by Gasteiger charge is 2.48. The van der Waals surface area contributed by atoms with Crippen molar-refractivity contribution >= 4 is 17.8 Å². The number of fused-ring (bicyclic) bond motifs is 4. The van der Waals surface area contributed by atoms with Gasteiger partial charge in [-0.2, -0.15) is 0 Å². The minimum atomic E-state index is -0.597. The Morgan fingerprint density at radius 3 is 2.41 bits per heavy atom. The molecule has 4 heterocycles. The molecule has 1 saturated heterocycles. The molecule has 0 aliphatic carbocycles. The predicted octanol–water partition coefficient (Wildman–Crippen LogP) is 5.73. The van der Waals surface area contributed by atoms with Gasteiger partial charge < -0.3 is 23.7 Å². The fourth-order valence-corrected chi connectivity index (χ4v) is 6.03. The SMILES string of the molecule is CCOC(=O)N1CCC2(CC1)Oc1ccccc1-c1nc(C3=CC(C)(C)N(C(=O)OC(C)(C)C)CC3)n(C)c12. The van der Waals surface area contributed by atoms with Crippen LogP contribution in [0.1, 0.15) is 72.3 Å². The first-order valence-corrected chi connectivity index (χ1v) is 13.9. The zero-order valence-corrected chi connectivity index (χ0v) is 24.2. The summed E-state index contributed by atoms with van der Waals surface area (Å²) in [6, 6.07) is 8.03. The zero-order chi connectivity index (χ0) is 28.2. The van der Waals surface area contributed by atoms with E-state index in [1.807, 2.05) is 66.8 Å². The van der Waals surface area contributed by atoms with E-state index < -0.39 is 16.7 Å². The van der Waals surface area contributed by atoms with Gasteiger partial charge >= 0.3 is 12.2 Å². The number of ether oxygens (including phenoxy) is 3. The Kier molecular flexibility index (Phi) is 6.67. The molecule has 3 aliphatic rings. The third kappa shape index (κ3) is 4.87. The smallest absolute Gasteiger partial charge is 0.410 e. The van der Waals surface area contributed by atoms with Crippen molar-refractivity contribution in [3.63, 3.8) is 0 Å². The average Bonchev–Trinajstić information content (AvgIpc) is 3.21. The largest absolute Gasteiger partial charge is 0.480 e. The van der Waals surface area contributed by atoms with E-state index in [1.54, 1.807) is 9.80 Å². The van der Waals surface area contributed by atoms with Gasteiger partial charge in [0.2, 0.25) is 0 Å². The maximum absolute atomic E-state index is 13.0. The van der Waals surface area contributed by atoms with Gasteiger partial charge in [0.1, 0.15) is 22.9 Å². The summed E-state index contributed by atoms with van der Waals surface area (Å²) >= 11 is 0. The van der Waals surface area contributed by atoms with Crippen LogP contribution in [0.5, 0.6) is 5.75 Å². The minimum absolute atomic E-state index is 0.279. The summed E-state index contributed by atoms with van der Waals surface area (Å²) in [6.45, 7) is 13.5. The molecule has 0 unspecified atom stereocenters. The molecule has 3 aliphatic heterocycles. The Balaban J connectivity index is 1.52. The first-order chi connectivity index (χ1) is 18.3. The number of para-hydroxylation sites is 1. The van der Waals surface area contributed by atoms with Gasteiger partial charge in [-0.1, -0.05) is 18.2 Å². The van der Waals surface area contributed by atoms with Gasteiger partial charge in [-0.15, -0.1) is 0 Å². The van der Waals surface area contributed by atoms with Gasteiger partial charge in [-0.05, 0) is 65.7 Å². The van der Waals surface area contributed by atoms with Crippen LogP contribution in [0.15, 0.2) is 30.3 Å². The maximum Gasteiger partial charge on any atom is 0.410 e. The lowest BCUT2D eigenvalue weighted by atomic mass is 9.83. The lowest BCUT2D eigenvalue weighted by Gasteiger charge is -2.44. The molecule has 39 heavy (non-hydrogen) atoms. The normalized spacial score (nSPS) is 19.5. The Bertz CT molecular complexity index is 1310. The highest BCUT2D eigenvalue weighted by Crippen LogP contribution is 2.50. The van der Waals surface area contributed by atoms with Gasteiger partial charge in [0, 0.05) is 45.1 Å². The van der Waals surface area contributed by atoms with E-state index in [0.717, 1.165) is 34.1 Å². The molecule has 9 nitrogen and oxygen atoms in total. The molecule has 0 bridgehead atoms. The van der Waals surface area contributed by atoms with Crippen LogP contribution in [0, 0.1) is 0 Å². The number of carbonyl (C=O) groups is 2.